The van der Waals surface area contributed by atoms with Crippen molar-refractivity contribution in [1.82, 2.24) is 10.3 Å². The molecule has 1 N–H and O–H groups in total. The summed E-state index contributed by atoms with van der Waals surface area (Å²) in [6.07, 6.45) is 4.22. The first kappa shape index (κ1) is 14.2. The zero-order valence-corrected chi connectivity index (χ0v) is 13.1. The Labute approximate surface area is 129 Å². The van der Waals surface area contributed by atoms with Gasteiger partial charge in [-0.3, -0.25) is 4.98 Å². The second-order valence-corrected chi connectivity index (χ2v) is 6.21. The first-order valence-corrected chi connectivity index (χ1v) is 8.36. The molecule has 0 aliphatic rings. The largest absolute Gasteiger partial charge is 0.305 e. The monoisotopic (exact) mass is 296 g/mol. The third-order valence-electron chi connectivity index (χ3n) is 3.72. The van der Waals surface area contributed by atoms with Crippen LogP contribution in [0.5, 0.6) is 0 Å². The third kappa shape index (κ3) is 3.31. The topological polar surface area (TPSA) is 24.9 Å². The lowest BCUT2D eigenvalue weighted by molar-refractivity contribution is 0.501. The third-order valence-corrected chi connectivity index (χ3v) is 4.71. The maximum Gasteiger partial charge on any atom is 0.0746 e. The van der Waals surface area contributed by atoms with Gasteiger partial charge in [0.2, 0.25) is 0 Å². The normalized spacial score (nSPS) is 12.6. The van der Waals surface area contributed by atoms with Crippen LogP contribution in [-0.4, -0.2) is 4.98 Å². The van der Waals surface area contributed by atoms with Gasteiger partial charge in [-0.1, -0.05) is 43.7 Å². The minimum absolute atomic E-state index is 0.439. The van der Waals surface area contributed by atoms with E-state index in [1.807, 2.05) is 23.6 Å². The van der Waals surface area contributed by atoms with Crippen molar-refractivity contribution in [2.45, 2.75) is 32.4 Å². The number of hydrogen-bond acceptors (Lipinski definition) is 3. The van der Waals surface area contributed by atoms with E-state index in [1.165, 1.54) is 28.7 Å². The number of para-hydroxylation sites is 1. The van der Waals surface area contributed by atoms with Crippen molar-refractivity contribution in [3.05, 3.63) is 64.5 Å². The molecule has 21 heavy (non-hydrogen) atoms. The molecule has 2 heterocycles. The standard InChI is InChI=1S/C18H20N2S/c1-2-6-16(17-10-5-12-21-17)20-13-15-8-3-7-14-9-4-11-19-18(14)15/h3-5,7-12,16,20H,2,6,13H2,1H3. The number of thiophene rings is 1. The van der Waals surface area contributed by atoms with Gasteiger partial charge in [0.05, 0.1) is 5.52 Å². The number of aromatic nitrogens is 1. The zero-order valence-electron chi connectivity index (χ0n) is 12.3. The van der Waals surface area contributed by atoms with Crippen LogP contribution in [0.2, 0.25) is 0 Å². The van der Waals surface area contributed by atoms with Crippen molar-refractivity contribution in [3.8, 4) is 0 Å². The van der Waals surface area contributed by atoms with Gasteiger partial charge in [0.1, 0.15) is 0 Å². The summed E-state index contributed by atoms with van der Waals surface area (Å²) in [6.45, 7) is 3.10. The fourth-order valence-corrected chi connectivity index (χ4v) is 3.50. The lowest BCUT2D eigenvalue weighted by Crippen LogP contribution is -2.20. The highest BCUT2D eigenvalue weighted by Crippen LogP contribution is 2.24. The molecule has 3 rings (SSSR count). The Kier molecular flexibility index (Phi) is 4.63. The molecule has 0 spiro atoms. The summed E-state index contributed by atoms with van der Waals surface area (Å²) in [5.74, 6) is 0. The molecule has 1 unspecified atom stereocenters. The highest BCUT2D eigenvalue weighted by atomic mass is 32.1. The molecule has 0 saturated heterocycles. The molecule has 3 aromatic rings. The number of nitrogens with one attached hydrogen (secondary N) is 1. The number of nitrogens with zero attached hydrogens (tertiary/aromatic N) is 1. The Morgan fingerprint density at radius 1 is 1.14 bits per heavy atom. The minimum atomic E-state index is 0.439. The van der Waals surface area contributed by atoms with Crippen LogP contribution in [0.3, 0.4) is 0 Å². The predicted octanol–water partition coefficient (Wildman–Crippen LogP) is 4.93. The molecule has 0 bridgehead atoms. The molecular weight excluding hydrogens is 276 g/mol. The van der Waals surface area contributed by atoms with Gasteiger partial charge in [-0.05, 0) is 29.5 Å². The lowest BCUT2D eigenvalue weighted by Gasteiger charge is -2.17. The van der Waals surface area contributed by atoms with Gasteiger partial charge in [0.15, 0.2) is 0 Å². The van der Waals surface area contributed by atoms with Crippen molar-refractivity contribution >= 4 is 22.2 Å². The van der Waals surface area contributed by atoms with Crippen LogP contribution in [0.25, 0.3) is 10.9 Å². The molecule has 2 nitrogen and oxygen atoms in total. The molecule has 1 aromatic carbocycles. The molecule has 0 radical (unpaired) electrons. The zero-order chi connectivity index (χ0) is 14.5. The maximum atomic E-state index is 4.53. The van der Waals surface area contributed by atoms with E-state index in [4.69, 9.17) is 0 Å². The van der Waals surface area contributed by atoms with Crippen LogP contribution < -0.4 is 5.32 Å². The van der Waals surface area contributed by atoms with E-state index in [2.05, 4.69) is 59.0 Å². The van der Waals surface area contributed by atoms with E-state index in [1.54, 1.807) is 0 Å². The van der Waals surface area contributed by atoms with Gasteiger partial charge in [0, 0.05) is 29.0 Å². The first-order chi connectivity index (χ1) is 10.4. The summed E-state index contributed by atoms with van der Waals surface area (Å²) >= 11 is 1.83. The second-order valence-electron chi connectivity index (χ2n) is 5.23. The Hall–Kier alpha value is -1.71. The number of fused-ring (bicyclic) bond motifs is 1. The number of hydrogen-bond donors (Lipinski definition) is 1. The molecule has 0 aliphatic carbocycles. The lowest BCUT2D eigenvalue weighted by atomic mass is 10.1. The molecule has 2 aromatic heterocycles. The second kappa shape index (κ2) is 6.83. The van der Waals surface area contributed by atoms with Gasteiger partial charge in [0.25, 0.3) is 0 Å². The molecular formula is C18H20N2S. The summed E-state index contributed by atoms with van der Waals surface area (Å²) in [5.41, 5.74) is 2.37. The number of benzene rings is 1. The van der Waals surface area contributed by atoms with Crippen LogP contribution in [0.1, 0.15) is 36.2 Å². The van der Waals surface area contributed by atoms with Gasteiger partial charge < -0.3 is 5.32 Å². The Morgan fingerprint density at radius 3 is 2.86 bits per heavy atom. The summed E-state index contributed by atoms with van der Waals surface area (Å²) in [5, 5.41) is 7.06. The summed E-state index contributed by atoms with van der Waals surface area (Å²) in [7, 11) is 0. The van der Waals surface area contributed by atoms with Crippen LogP contribution >= 0.6 is 11.3 Å². The van der Waals surface area contributed by atoms with Crippen molar-refractivity contribution in [2.75, 3.05) is 0 Å². The SMILES string of the molecule is CCCC(NCc1cccc2cccnc12)c1cccs1. The molecule has 0 fully saturated rings. The van der Waals surface area contributed by atoms with Crippen LogP contribution in [-0.2, 0) is 6.54 Å². The highest BCUT2D eigenvalue weighted by molar-refractivity contribution is 7.10. The van der Waals surface area contributed by atoms with E-state index in [0.29, 0.717) is 6.04 Å². The summed E-state index contributed by atoms with van der Waals surface area (Å²) < 4.78 is 0. The van der Waals surface area contributed by atoms with Crippen molar-refractivity contribution in [3.63, 3.8) is 0 Å². The van der Waals surface area contributed by atoms with E-state index in [-0.39, 0.29) is 0 Å². The van der Waals surface area contributed by atoms with Crippen LogP contribution in [0.15, 0.2) is 54.0 Å². The fourth-order valence-electron chi connectivity index (χ4n) is 2.67. The minimum Gasteiger partial charge on any atom is -0.305 e. The Morgan fingerprint density at radius 2 is 2.05 bits per heavy atom. The van der Waals surface area contributed by atoms with E-state index >= 15 is 0 Å². The van der Waals surface area contributed by atoms with Gasteiger partial charge >= 0.3 is 0 Å². The van der Waals surface area contributed by atoms with Gasteiger partial charge in [-0.15, -0.1) is 11.3 Å². The van der Waals surface area contributed by atoms with Crippen LogP contribution in [0, 0.1) is 0 Å². The van der Waals surface area contributed by atoms with Gasteiger partial charge in [-0.2, -0.15) is 0 Å². The quantitative estimate of drug-likeness (QED) is 0.698. The van der Waals surface area contributed by atoms with Crippen molar-refractivity contribution in [1.29, 1.82) is 0 Å². The molecule has 3 heteroatoms. The molecule has 0 amide bonds. The molecule has 108 valence electrons. The van der Waals surface area contributed by atoms with Gasteiger partial charge in [-0.25, -0.2) is 0 Å². The summed E-state index contributed by atoms with van der Waals surface area (Å²) in [6, 6.07) is 15.3. The molecule has 0 saturated carbocycles. The maximum absolute atomic E-state index is 4.53. The highest BCUT2D eigenvalue weighted by Gasteiger charge is 2.11. The Bertz CT molecular complexity index is 686. The molecule has 0 aliphatic heterocycles. The smallest absolute Gasteiger partial charge is 0.0746 e. The number of rotatable bonds is 6. The van der Waals surface area contributed by atoms with Crippen molar-refractivity contribution < 1.29 is 0 Å². The Balaban J connectivity index is 1.78. The summed E-state index contributed by atoms with van der Waals surface area (Å²) in [4.78, 5) is 5.95. The van der Waals surface area contributed by atoms with Crippen molar-refractivity contribution in [2.24, 2.45) is 0 Å². The average molecular weight is 296 g/mol. The van der Waals surface area contributed by atoms with E-state index < -0.39 is 0 Å². The van der Waals surface area contributed by atoms with E-state index in [9.17, 15) is 0 Å². The van der Waals surface area contributed by atoms with Crippen LogP contribution in [0.4, 0.5) is 0 Å². The van der Waals surface area contributed by atoms with E-state index in [0.717, 1.165) is 12.1 Å². The average Bonchev–Trinajstić information content (AvgIpc) is 3.05. The first-order valence-electron chi connectivity index (χ1n) is 7.48. The number of pyridine rings is 1. The molecule has 1 atom stereocenters. The fraction of sp³-hybridized carbons (Fsp3) is 0.278. The predicted molar refractivity (Wildman–Crippen MR) is 90.6 cm³/mol.